The van der Waals surface area contributed by atoms with Crippen molar-refractivity contribution in [2.75, 3.05) is 5.32 Å². The van der Waals surface area contributed by atoms with Gasteiger partial charge in [0.2, 0.25) is 0 Å². The number of carboxylic acids is 1. The topological polar surface area (TPSA) is 66.4 Å². The zero-order chi connectivity index (χ0) is 15.6. The number of hydrogen-bond acceptors (Lipinski definition) is 2. The van der Waals surface area contributed by atoms with Crippen molar-refractivity contribution in [2.24, 2.45) is 0 Å². The van der Waals surface area contributed by atoms with E-state index in [2.05, 4.69) is 21.2 Å². The van der Waals surface area contributed by atoms with Gasteiger partial charge in [0.25, 0.3) is 5.91 Å². The summed E-state index contributed by atoms with van der Waals surface area (Å²) >= 11 is 11.2. The Labute approximate surface area is 147 Å². The predicted molar refractivity (Wildman–Crippen MR) is 93.2 cm³/mol. The summed E-state index contributed by atoms with van der Waals surface area (Å²) in [6.07, 6.45) is 0. The molecule has 2 aromatic carbocycles. The molecule has 2 rings (SSSR count). The number of carboxylic acid groups (broad SMARTS) is 1. The Morgan fingerprint density at radius 3 is 2.52 bits per heavy atom. The molecule has 2 N–H and O–H groups in total. The minimum atomic E-state index is -1.11. The number of anilines is 1. The third kappa shape index (κ3) is 3.96. The molecule has 0 aliphatic rings. The molecule has 0 saturated heterocycles. The van der Waals surface area contributed by atoms with Crippen LogP contribution >= 0.6 is 50.1 Å². The minimum Gasteiger partial charge on any atom is -0.478 e. The van der Waals surface area contributed by atoms with Gasteiger partial charge in [-0.3, -0.25) is 4.79 Å². The monoisotopic (exact) mass is 479 g/mol. The quantitative estimate of drug-likeness (QED) is 0.629. The third-order valence-electron chi connectivity index (χ3n) is 2.63. The Balaban J connectivity index is 2.38. The fourth-order valence-corrected chi connectivity index (χ4v) is 2.78. The van der Waals surface area contributed by atoms with Crippen molar-refractivity contribution < 1.29 is 14.7 Å². The van der Waals surface area contributed by atoms with Crippen molar-refractivity contribution in [1.82, 2.24) is 0 Å². The van der Waals surface area contributed by atoms with Crippen molar-refractivity contribution in [1.29, 1.82) is 0 Å². The van der Waals surface area contributed by atoms with E-state index in [4.69, 9.17) is 16.7 Å². The van der Waals surface area contributed by atoms with Crippen LogP contribution in [0, 0.1) is 3.57 Å². The lowest BCUT2D eigenvalue weighted by Gasteiger charge is -2.10. The second-order valence-electron chi connectivity index (χ2n) is 4.07. The van der Waals surface area contributed by atoms with Crippen LogP contribution in [0.4, 0.5) is 5.69 Å². The van der Waals surface area contributed by atoms with E-state index in [9.17, 15) is 9.59 Å². The van der Waals surface area contributed by atoms with E-state index < -0.39 is 11.9 Å². The first-order valence-electron chi connectivity index (χ1n) is 5.67. The highest BCUT2D eigenvalue weighted by Gasteiger charge is 2.16. The molecule has 21 heavy (non-hydrogen) atoms. The van der Waals surface area contributed by atoms with Gasteiger partial charge in [-0.15, -0.1) is 0 Å². The molecule has 0 aliphatic heterocycles. The summed E-state index contributed by atoms with van der Waals surface area (Å²) < 4.78 is 1.39. The summed E-state index contributed by atoms with van der Waals surface area (Å²) in [6.45, 7) is 0. The molecule has 0 aliphatic carbocycles. The van der Waals surface area contributed by atoms with Gasteiger partial charge >= 0.3 is 5.97 Å². The third-order valence-corrected chi connectivity index (χ3v) is 4.30. The molecule has 7 heteroatoms. The molecule has 2 aromatic rings. The van der Waals surface area contributed by atoms with Gasteiger partial charge in [-0.1, -0.05) is 27.5 Å². The smallest absolute Gasteiger partial charge is 0.337 e. The summed E-state index contributed by atoms with van der Waals surface area (Å²) in [6, 6.07) is 9.50. The Kier molecular flexibility index (Phi) is 5.23. The fraction of sp³-hybridized carbons (Fsp3) is 0. The molecule has 0 bridgehead atoms. The molecule has 0 unspecified atom stereocenters. The van der Waals surface area contributed by atoms with Crippen LogP contribution in [0.1, 0.15) is 20.7 Å². The van der Waals surface area contributed by atoms with Crippen LogP contribution in [0.25, 0.3) is 0 Å². The molecule has 0 heterocycles. The fourth-order valence-electron chi connectivity index (χ4n) is 1.67. The number of hydrogen-bond donors (Lipinski definition) is 2. The number of halogens is 3. The molecule has 0 aromatic heterocycles. The van der Waals surface area contributed by atoms with Crippen molar-refractivity contribution >= 4 is 67.7 Å². The van der Waals surface area contributed by atoms with Gasteiger partial charge in [0.15, 0.2) is 0 Å². The minimum absolute atomic E-state index is 0.0172. The van der Waals surface area contributed by atoms with Gasteiger partial charge in [-0.2, -0.15) is 0 Å². The zero-order valence-electron chi connectivity index (χ0n) is 10.4. The maximum absolute atomic E-state index is 12.3. The summed E-state index contributed by atoms with van der Waals surface area (Å²) in [5, 5.41) is 12.2. The van der Waals surface area contributed by atoms with Crippen molar-refractivity contribution in [3.8, 4) is 0 Å². The summed E-state index contributed by atoms with van der Waals surface area (Å²) in [5.74, 6) is -1.53. The maximum Gasteiger partial charge on any atom is 0.337 e. The number of rotatable bonds is 3. The van der Waals surface area contributed by atoms with Crippen LogP contribution in [-0.4, -0.2) is 17.0 Å². The lowest BCUT2D eigenvalue weighted by molar-refractivity contribution is 0.0698. The van der Waals surface area contributed by atoms with Crippen LogP contribution in [0.15, 0.2) is 40.9 Å². The molecule has 0 spiro atoms. The zero-order valence-corrected chi connectivity index (χ0v) is 14.9. The van der Waals surface area contributed by atoms with Crippen LogP contribution in [-0.2, 0) is 0 Å². The molecular formula is C14H8BrClINO3. The van der Waals surface area contributed by atoms with Crippen LogP contribution in [0.3, 0.4) is 0 Å². The number of aromatic carboxylic acids is 1. The van der Waals surface area contributed by atoms with E-state index >= 15 is 0 Å². The second-order valence-corrected chi connectivity index (χ2v) is 6.59. The van der Waals surface area contributed by atoms with Crippen molar-refractivity contribution in [3.63, 3.8) is 0 Å². The molecule has 0 atom stereocenters. The summed E-state index contributed by atoms with van der Waals surface area (Å²) in [7, 11) is 0. The first-order valence-corrected chi connectivity index (χ1v) is 7.92. The highest BCUT2D eigenvalue weighted by atomic mass is 127. The van der Waals surface area contributed by atoms with Gasteiger partial charge in [0.05, 0.1) is 16.8 Å². The largest absolute Gasteiger partial charge is 0.478 e. The standard InChI is InChI=1S/C14H8BrClINO3/c15-7-1-3-9(14(20)21)12(5-7)18-13(19)10-6-8(16)2-4-11(10)17/h1-6H,(H,18,19)(H,20,21). The number of carbonyl (C=O) groups is 2. The second kappa shape index (κ2) is 6.76. The van der Waals surface area contributed by atoms with E-state index in [0.29, 0.717) is 15.1 Å². The molecule has 0 fully saturated rings. The van der Waals surface area contributed by atoms with E-state index in [0.717, 1.165) is 3.57 Å². The van der Waals surface area contributed by atoms with Gasteiger partial charge in [-0.05, 0) is 59.0 Å². The maximum atomic E-state index is 12.3. The van der Waals surface area contributed by atoms with Crippen LogP contribution in [0.5, 0.6) is 0 Å². The van der Waals surface area contributed by atoms with E-state index in [1.165, 1.54) is 12.1 Å². The summed E-state index contributed by atoms with van der Waals surface area (Å²) in [5.41, 5.74) is 0.626. The molecule has 4 nitrogen and oxygen atoms in total. The Hall–Kier alpha value is -1.12. The molecule has 1 amide bonds. The van der Waals surface area contributed by atoms with Crippen molar-refractivity contribution in [3.05, 3.63) is 60.6 Å². The average Bonchev–Trinajstić information content (AvgIpc) is 2.41. The van der Waals surface area contributed by atoms with Gasteiger partial charge in [0.1, 0.15) is 0 Å². The predicted octanol–water partition coefficient (Wildman–Crippen LogP) is 4.66. The van der Waals surface area contributed by atoms with Crippen LogP contribution in [0.2, 0.25) is 5.02 Å². The summed E-state index contributed by atoms with van der Waals surface area (Å²) in [4.78, 5) is 23.5. The molecule has 0 saturated carbocycles. The van der Waals surface area contributed by atoms with Crippen molar-refractivity contribution in [2.45, 2.75) is 0 Å². The average molecular weight is 480 g/mol. The van der Waals surface area contributed by atoms with Gasteiger partial charge < -0.3 is 10.4 Å². The highest BCUT2D eigenvalue weighted by Crippen LogP contribution is 2.24. The highest BCUT2D eigenvalue weighted by molar-refractivity contribution is 14.1. The molecule has 0 radical (unpaired) electrons. The number of nitrogens with one attached hydrogen (secondary N) is 1. The molecular weight excluding hydrogens is 472 g/mol. The normalized spacial score (nSPS) is 10.2. The molecule has 108 valence electrons. The number of carbonyl (C=O) groups excluding carboxylic acids is 1. The number of amides is 1. The van der Waals surface area contributed by atoms with Crippen LogP contribution < -0.4 is 5.32 Å². The van der Waals surface area contributed by atoms with Gasteiger partial charge in [0, 0.05) is 13.1 Å². The Bertz CT molecular complexity index is 736. The van der Waals surface area contributed by atoms with Gasteiger partial charge in [-0.25, -0.2) is 4.79 Å². The van der Waals surface area contributed by atoms with E-state index in [-0.39, 0.29) is 11.3 Å². The number of benzene rings is 2. The lowest BCUT2D eigenvalue weighted by Crippen LogP contribution is -2.16. The van der Waals surface area contributed by atoms with E-state index in [1.54, 1.807) is 24.3 Å². The SMILES string of the molecule is O=C(Nc1cc(Br)ccc1C(=O)O)c1cc(Cl)ccc1I. The first-order chi connectivity index (χ1) is 9.88. The van der Waals surface area contributed by atoms with E-state index in [1.807, 2.05) is 22.6 Å². The Morgan fingerprint density at radius 2 is 1.86 bits per heavy atom. The lowest BCUT2D eigenvalue weighted by atomic mass is 10.1. The Morgan fingerprint density at radius 1 is 1.14 bits per heavy atom. The first kappa shape index (κ1) is 16.3.